The number of anilines is 1. The lowest BCUT2D eigenvalue weighted by molar-refractivity contribution is 0.510. The van der Waals surface area contributed by atoms with E-state index in [-0.39, 0.29) is 0 Å². The van der Waals surface area contributed by atoms with Crippen molar-refractivity contribution < 1.29 is 0 Å². The third-order valence-electron chi connectivity index (χ3n) is 4.09. The van der Waals surface area contributed by atoms with Gasteiger partial charge >= 0.3 is 0 Å². The van der Waals surface area contributed by atoms with Crippen molar-refractivity contribution in [1.82, 2.24) is 4.98 Å². The smallest absolute Gasteiger partial charge is 0.153 e. The second-order valence-corrected chi connectivity index (χ2v) is 6.03. The third kappa shape index (κ3) is 2.26. The highest BCUT2D eigenvalue weighted by Crippen LogP contribution is 2.51. The zero-order valence-electron chi connectivity index (χ0n) is 11.9. The fourth-order valence-corrected chi connectivity index (χ4v) is 3.03. The normalized spacial score (nSPS) is 22.2. The van der Waals surface area contributed by atoms with Crippen molar-refractivity contribution in [3.63, 3.8) is 0 Å². The Labute approximate surface area is 134 Å². The molecular formula is C18H14ClN3. The molecule has 0 unspecified atom stereocenters. The van der Waals surface area contributed by atoms with Gasteiger partial charge in [-0.1, -0.05) is 23.6 Å². The summed E-state index contributed by atoms with van der Waals surface area (Å²) in [7, 11) is 0. The van der Waals surface area contributed by atoms with Crippen LogP contribution in [0.4, 0.5) is 5.69 Å². The lowest BCUT2D eigenvalue weighted by Crippen LogP contribution is -2.30. The summed E-state index contributed by atoms with van der Waals surface area (Å²) in [5, 5.41) is 3.90. The van der Waals surface area contributed by atoms with Gasteiger partial charge in [0.25, 0.3) is 0 Å². The number of aromatic nitrogens is 1. The maximum atomic E-state index is 6.21. The predicted molar refractivity (Wildman–Crippen MR) is 89.1 cm³/mol. The Morgan fingerprint density at radius 3 is 2.91 bits per heavy atom. The summed E-state index contributed by atoms with van der Waals surface area (Å²) in [5.74, 6) is 7.02. The molecule has 3 nitrogen and oxygen atoms in total. The third-order valence-corrected chi connectivity index (χ3v) is 4.33. The maximum absolute atomic E-state index is 6.21. The summed E-state index contributed by atoms with van der Waals surface area (Å²) >= 11 is 6.21. The van der Waals surface area contributed by atoms with Crippen LogP contribution in [0.2, 0.25) is 5.02 Å². The summed E-state index contributed by atoms with van der Waals surface area (Å²) < 4.78 is 0. The molecule has 0 saturated heterocycles. The Balaban J connectivity index is 1.85. The van der Waals surface area contributed by atoms with Crippen LogP contribution in [0.3, 0.4) is 0 Å². The van der Waals surface area contributed by atoms with Gasteiger partial charge in [0.2, 0.25) is 0 Å². The largest absolute Gasteiger partial charge is 0.346 e. The minimum absolute atomic E-state index is 0.444. The zero-order valence-corrected chi connectivity index (χ0v) is 12.6. The molecule has 0 bridgehead atoms. The van der Waals surface area contributed by atoms with Gasteiger partial charge in [-0.2, -0.15) is 0 Å². The monoisotopic (exact) mass is 307 g/mol. The summed E-state index contributed by atoms with van der Waals surface area (Å²) in [5.41, 5.74) is 2.35. The molecule has 0 spiro atoms. The van der Waals surface area contributed by atoms with E-state index < -0.39 is 5.54 Å². The second-order valence-electron chi connectivity index (χ2n) is 5.60. The molecule has 0 radical (unpaired) electrons. The number of aliphatic imine (C=N–C) groups is 1. The van der Waals surface area contributed by atoms with Crippen LogP contribution in [0.5, 0.6) is 0 Å². The van der Waals surface area contributed by atoms with Crippen LogP contribution in [-0.4, -0.2) is 11.3 Å². The average molecular weight is 308 g/mol. The van der Waals surface area contributed by atoms with Crippen molar-refractivity contribution in [3.8, 4) is 11.8 Å². The summed E-state index contributed by atoms with van der Waals surface area (Å²) in [6, 6.07) is 11.6. The van der Waals surface area contributed by atoms with Gasteiger partial charge in [0.1, 0.15) is 5.69 Å². The molecule has 4 heteroatoms. The molecule has 2 aliphatic rings. The average Bonchev–Trinajstić information content (AvgIpc) is 3.39. The van der Waals surface area contributed by atoms with Crippen LogP contribution in [0.1, 0.15) is 24.1 Å². The van der Waals surface area contributed by atoms with Gasteiger partial charge in [0, 0.05) is 22.5 Å². The number of rotatable bonds is 1. The van der Waals surface area contributed by atoms with Crippen LogP contribution in [0, 0.1) is 17.8 Å². The van der Waals surface area contributed by atoms with Gasteiger partial charge in [-0.25, -0.2) is 4.98 Å². The van der Waals surface area contributed by atoms with Gasteiger partial charge in [-0.3, -0.25) is 4.99 Å². The molecule has 1 atom stereocenters. The molecule has 2 heterocycles. The van der Waals surface area contributed by atoms with Gasteiger partial charge in [0.05, 0.1) is 6.34 Å². The number of hydrogen-bond acceptors (Lipinski definition) is 3. The van der Waals surface area contributed by atoms with Crippen LogP contribution in [-0.2, 0) is 5.54 Å². The van der Waals surface area contributed by atoms with Crippen molar-refractivity contribution in [1.29, 1.82) is 0 Å². The van der Waals surface area contributed by atoms with E-state index in [0.29, 0.717) is 10.9 Å². The van der Waals surface area contributed by atoms with Crippen molar-refractivity contribution >= 4 is 23.6 Å². The number of benzene rings is 1. The SMILES string of the molecule is Clc1ccc2c(c1)[C@@](C#Cc1ccccn1)(C1CC1)N=CN2. The molecular weight excluding hydrogens is 294 g/mol. The first-order valence-corrected chi connectivity index (χ1v) is 7.70. The molecule has 1 aromatic heterocycles. The number of nitrogens with zero attached hydrogens (tertiary/aromatic N) is 2. The number of fused-ring (bicyclic) bond motifs is 1. The van der Waals surface area contributed by atoms with E-state index in [0.717, 1.165) is 29.8 Å². The van der Waals surface area contributed by atoms with Gasteiger partial charge in [-0.15, -0.1) is 0 Å². The molecule has 1 aliphatic carbocycles. The van der Waals surface area contributed by atoms with Gasteiger partial charge in [-0.05, 0) is 55.0 Å². The molecule has 1 aliphatic heterocycles. The van der Waals surface area contributed by atoms with E-state index in [9.17, 15) is 0 Å². The van der Waals surface area contributed by atoms with Gasteiger partial charge in [0.15, 0.2) is 5.54 Å². The Bertz CT molecular complexity index is 800. The van der Waals surface area contributed by atoms with Crippen LogP contribution < -0.4 is 5.32 Å². The Kier molecular flexibility index (Phi) is 3.13. The van der Waals surface area contributed by atoms with Crippen molar-refractivity contribution in [3.05, 3.63) is 58.9 Å². The Hall–Kier alpha value is -2.31. The number of pyridine rings is 1. The lowest BCUT2D eigenvalue weighted by atomic mass is 9.84. The fourth-order valence-electron chi connectivity index (χ4n) is 2.85. The highest BCUT2D eigenvalue weighted by Gasteiger charge is 2.47. The maximum Gasteiger partial charge on any atom is 0.153 e. The molecule has 1 fully saturated rings. The van der Waals surface area contributed by atoms with E-state index in [1.165, 1.54) is 0 Å². The molecule has 22 heavy (non-hydrogen) atoms. The molecule has 4 rings (SSSR count). The predicted octanol–water partition coefficient (Wildman–Crippen LogP) is 3.85. The summed E-state index contributed by atoms with van der Waals surface area (Å²) in [6.45, 7) is 0. The molecule has 2 aromatic rings. The summed E-state index contributed by atoms with van der Waals surface area (Å²) in [4.78, 5) is 9.00. The van der Waals surface area contributed by atoms with E-state index in [1.54, 1.807) is 12.5 Å². The van der Waals surface area contributed by atoms with E-state index in [1.807, 2.05) is 36.4 Å². The standard InChI is InChI=1S/C18H14ClN3/c19-14-6-7-17-16(11-14)18(13-4-5-13,22-12-21-17)9-8-15-3-1-2-10-20-15/h1-3,6-7,10-13H,4-5H2,(H,21,22)/t18-/m1/s1. The topological polar surface area (TPSA) is 37.3 Å². The van der Waals surface area contributed by atoms with Crippen LogP contribution in [0.15, 0.2) is 47.6 Å². The molecule has 0 amide bonds. The lowest BCUT2D eigenvalue weighted by Gasteiger charge is -2.30. The van der Waals surface area contributed by atoms with E-state index in [4.69, 9.17) is 16.6 Å². The molecule has 108 valence electrons. The van der Waals surface area contributed by atoms with Crippen LogP contribution >= 0.6 is 11.6 Å². The minimum atomic E-state index is -0.511. The quantitative estimate of drug-likeness (QED) is 0.813. The molecule has 1 N–H and O–H groups in total. The minimum Gasteiger partial charge on any atom is -0.346 e. The highest BCUT2D eigenvalue weighted by molar-refractivity contribution is 6.30. The van der Waals surface area contributed by atoms with Crippen molar-refractivity contribution in [2.24, 2.45) is 10.9 Å². The fraction of sp³-hybridized carbons (Fsp3) is 0.222. The first kappa shape index (κ1) is 13.4. The van der Waals surface area contributed by atoms with Crippen molar-refractivity contribution in [2.45, 2.75) is 18.4 Å². The number of halogens is 1. The molecule has 1 aromatic carbocycles. The van der Waals surface area contributed by atoms with Crippen LogP contribution in [0.25, 0.3) is 0 Å². The van der Waals surface area contributed by atoms with E-state index >= 15 is 0 Å². The zero-order chi connectivity index (χ0) is 15.0. The number of hydrogen-bond donors (Lipinski definition) is 1. The highest BCUT2D eigenvalue weighted by atomic mass is 35.5. The first-order chi connectivity index (χ1) is 10.8. The Morgan fingerprint density at radius 2 is 2.14 bits per heavy atom. The Morgan fingerprint density at radius 1 is 1.23 bits per heavy atom. The molecule has 1 saturated carbocycles. The first-order valence-electron chi connectivity index (χ1n) is 7.32. The van der Waals surface area contributed by atoms with Gasteiger partial charge < -0.3 is 5.32 Å². The summed E-state index contributed by atoms with van der Waals surface area (Å²) in [6.07, 6.45) is 5.78. The van der Waals surface area contributed by atoms with E-state index in [2.05, 4.69) is 22.1 Å². The van der Waals surface area contributed by atoms with Crippen molar-refractivity contribution in [2.75, 3.05) is 5.32 Å². The number of nitrogens with one attached hydrogen (secondary N) is 1. The second kappa shape index (κ2) is 5.15.